The molecule has 0 atom stereocenters. The summed E-state index contributed by atoms with van der Waals surface area (Å²) in [5, 5.41) is 12.4. The molecule has 2 aromatic heterocycles. The number of nitrogens with one attached hydrogen (secondary N) is 3. The molecule has 2 saturated carbocycles. The fraction of sp³-hybridized carbons (Fsp3) is 0.531. The highest BCUT2D eigenvalue weighted by Crippen LogP contribution is 2.66. The summed E-state index contributed by atoms with van der Waals surface area (Å²) in [7, 11) is 1.49. The van der Waals surface area contributed by atoms with E-state index in [-0.39, 0.29) is 56.7 Å². The molecule has 47 heavy (non-hydrogen) atoms. The zero-order valence-electron chi connectivity index (χ0n) is 25.9. The van der Waals surface area contributed by atoms with Crippen LogP contribution in [0.1, 0.15) is 76.8 Å². The van der Waals surface area contributed by atoms with Crippen LogP contribution in [0.15, 0.2) is 24.4 Å². The van der Waals surface area contributed by atoms with E-state index < -0.39 is 17.8 Å². The number of H-pyrrole nitrogens is 1. The van der Waals surface area contributed by atoms with Gasteiger partial charge in [0.25, 0.3) is 11.8 Å². The molecule has 250 valence electrons. The molecule has 3 aromatic rings. The van der Waals surface area contributed by atoms with Crippen molar-refractivity contribution in [2.24, 2.45) is 18.4 Å². The van der Waals surface area contributed by atoms with Crippen molar-refractivity contribution in [2.45, 2.75) is 50.6 Å². The van der Waals surface area contributed by atoms with E-state index >= 15 is 0 Å². The number of alkyl halides is 3. The summed E-state index contributed by atoms with van der Waals surface area (Å²) in [6.07, 6.45) is 2.06. The SMILES string of the molecule is Cn1c(-c2c(C(F)(F)F)n[nH]c2C2CC3(CC3)C2)cnc1C(=O)Nc1ccc(C(=O)N2CCN(C(=O)C3CCNCC3)CC2)c(Cl)c1. The zero-order valence-corrected chi connectivity index (χ0v) is 26.7. The van der Waals surface area contributed by atoms with Crippen molar-refractivity contribution in [1.82, 2.24) is 34.9 Å². The number of carbonyl (C=O) groups excluding carboxylic acids is 3. The van der Waals surface area contributed by atoms with Gasteiger partial charge in [-0.1, -0.05) is 11.6 Å². The van der Waals surface area contributed by atoms with Gasteiger partial charge in [0.1, 0.15) is 0 Å². The quantitative estimate of drug-likeness (QED) is 0.349. The van der Waals surface area contributed by atoms with Crippen LogP contribution < -0.4 is 10.6 Å². The summed E-state index contributed by atoms with van der Waals surface area (Å²) in [5.41, 5.74) is 0.286. The lowest BCUT2D eigenvalue weighted by molar-refractivity contribution is -0.140. The Morgan fingerprint density at radius 3 is 2.36 bits per heavy atom. The molecule has 1 spiro atoms. The van der Waals surface area contributed by atoms with Crippen LogP contribution in [-0.4, -0.2) is 86.5 Å². The van der Waals surface area contributed by atoms with Gasteiger partial charge in [-0.15, -0.1) is 0 Å². The van der Waals surface area contributed by atoms with Crippen LogP contribution in [0.4, 0.5) is 18.9 Å². The van der Waals surface area contributed by atoms with Gasteiger partial charge in [0.2, 0.25) is 5.91 Å². The molecule has 4 heterocycles. The highest BCUT2D eigenvalue weighted by atomic mass is 35.5. The smallest absolute Gasteiger partial charge is 0.339 e. The Labute approximate surface area is 274 Å². The molecule has 3 N–H and O–H groups in total. The fourth-order valence-electron chi connectivity index (χ4n) is 7.32. The van der Waals surface area contributed by atoms with Crippen LogP contribution >= 0.6 is 11.6 Å². The molecule has 7 rings (SSSR count). The molecule has 15 heteroatoms. The topological polar surface area (TPSA) is 128 Å². The molecule has 1 aromatic carbocycles. The zero-order chi connectivity index (χ0) is 33.1. The van der Waals surface area contributed by atoms with E-state index in [9.17, 15) is 27.6 Å². The van der Waals surface area contributed by atoms with Gasteiger partial charge in [0.15, 0.2) is 11.5 Å². The molecule has 0 bridgehead atoms. The van der Waals surface area contributed by atoms with E-state index in [0.29, 0.717) is 37.6 Å². The second-order valence-electron chi connectivity index (χ2n) is 13.3. The number of amides is 3. The first-order valence-corrected chi connectivity index (χ1v) is 16.4. The molecule has 11 nitrogen and oxygen atoms in total. The number of carbonyl (C=O) groups is 3. The number of nitrogens with zero attached hydrogens (tertiary/aromatic N) is 5. The van der Waals surface area contributed by atoms with Crippen molar-refractivity contribution in [1.29, 1.82) is 0 Å². The van der Waals surface area contributed by atoms with Crippen LogP contribution in [0.5, 0.6) is 0 Å². The molecular weight excluding hydrogens is 637 g/mol. The first kappa shape index (κ1) is 31.7. The minimum Gasteiger partial charge on any atom is -0.339 e. The summed E-state index contributed by atoms with van der Waals surface area (Å²) in [4.78, 5) is 47.1. The van der Waals surface area contributed by atoms with Crippen LogP contribution in [0.3, 0.4) is 0 Å². The summed E-state index contributed by atoms with van der Waals surface area (Å²) in [6.45, 7) is 3.37. The van der Waals surface area contributed by atoms with Crippen molar-refractivity contribution in [3.63, 3.8) is 0 Å². The van der Waals surface area contributed by atoms with E-state index in [1.807, 2.05) is 4.90 Å². The average Bonchev–Trinajstić information content (AvgIpc) is 3.58. The van der Waals surface area contributed by atoms with E-state index in [1.54, 1.807) is 4.90 Å². The first-order chi connectivity index (χ1) is 22.4. The summed E-state index contributed by atoms with van der Waals surface area (Å²) in [5.74, 6) is -0.908. The number of hydrogen-bond acceptors (Lipinski definition) is 6. The van der Waals surface area contributed by atoms with Crippen LogP contribution in [0.25, 0.3) is 11.3 Å². The van der Waals surface area contributed by atoms with Crippen molar-refractivity contribution in [3.05, 3.63) is 52.2 Å². The normalized spacial score (nSPS) is 19.9. The van der Waals surface area contributed by atoms with Crippen LogP contribution in [-0.2, 0) is 18.0 Å². The maximum Gasteiger partial charge on any atom is 0.435 e. The van der Waals surface area contributed by atoms with Gasteiger partial charge < -0.3 is 25.0 Å². The molecule has 2 aliphatic carbocycles. The summed E-state index contributed by atoms with van der Waals surface area (Å²) >= 11 is 6.50. The molecule has 0 unspecified atom stereocenters. The molecule has 0 radical (unpaired) electrons. The number of hydrogen-bond donors (Lipinski definition) is 3. The number of rotatable bonds is 6. The third-order valence-electron chi connectivity index (χ3n) is 10.3. The van der Waals surface area contributed by atoms with Crippen molar-refractivity contribution in [2.75, 3.05) is 44.6 Å². The molecule has 3 amide bonds. The maximum absolute atomic E-state index is 14.0. The van der Waals surface area contributed by atoms with E-state index in [0.717, 1.165) is 51.6 Å². The average molecular weight is 673 g/mol. The number of imidazole rings is 1. The van der Waals surface area contributed by atoms with Gasteiger partial charge in [0.05, 0.1) is 28.0 Å². The van der Waals surface area contributed by atoms with Crippen LogP contribution in [0, 0.1) is 11.3 Å². The highest BCUT2D eigenvalue weighted by molar-refractivity contribution is 6.34. The molecule has 4 fully saturated rings. The van der Waals surface area contributed by atoms with E-state index in [4.69, 9.17) is 11.6 Å². The predicted molar refractivity (Wildman–Crippen MR) is 167 cm³/mol. The second kappa shape index (κ2) is 12.0. The van der Waals surface area contributed by atoms with Gasteiger partial charge >= 0.3 is 6.18 Å². The van der Waals surface area contributed by atoms with Gasteiger partial charge in [-0.2, -0.15) is 18.3 Å². The Balaban J connectivity index is 1.02. The lowest BCUT2D eigenvalue weighted by Crippen LogP contribution is -2.52. The Kier molecular flexibility index (Phi) is 8.06. The number of benzene rings is 1. The first-order valence-electron chi connectivity index (χ1n) is 16.0. The lowest BCUT2D eigenvalue weighted by atomic mass is 9.69. The lowest BCUT2D eigenvalue weighted by Gasteiger charge is -2.37. The van der Waals surface area contributed by atoms with E-state index in [1.165, 1.54) is 36.0 Å². The van der Waals surface area contributed by atoms with E-state index in [2.05, 4.69) is 25.8 Å². The van der Waals surface area contributed by atoms with Crippen molar-refractivity contribution < 1.29 is 27.6 Å². The number of aromatic amines is 1. The van der Waals surface area contributed by atoms with Gasteiger partial charge in [0, 0.05) is 56.4 Å². The van der Waals surface area contributed by atoms with Gasteiger partial charge in [-0.3, -0.25) is 19.5 Å². The number of aromatic nitrogens is 4. The number of piperazine rings is 1. The molecule has 2 aliphatic heterocycles. The Morgan fingerprint density at radius 1 is 1.04 bits per heavy atom. The third kappa shape index (κ3) is 6.01. The number of piperidine rings is 1. The maximum atomic E-state index is 14.0. The molecular formula is C32H36ClF3N8O3. The minimum absolute atomic E-state index is 0.0238. The van der Waals surface area contributed by atoms with Gasteiger partial charge in [-0.05, 0) is 75.2 Å². The summed E-state index contributed by atoms with van der Waals surface area (Å²) in [6, 6.07) is 4.51. The number of anilines is 1. The summed E-state index contributed by atoms with van der Waals surface area (Å²) < 4.78 is 43.3. The number of halogens is 4. The van der Waals surface area contributed by atoms with Gasteiger partial charge in [-0.25, -0.2) is 4.98 Å². The van der Waals surface area contributed by atoms with Crippen LogP contribution in [0.2, 0.25) is 5.02 Å². The largest absolute Gasteiger partial charge is 0.435 e. The van der Waals surface area contributed by atoms with Crippen molar-refractivity contribution in [3.8, 4) is 11.3 Å². The highest BCUT2D eigenvalue weighted by Gasteiger charge is 2.55. The molecule has 2 saturated heterocycles. The minimum atomic E-state index is -4.69. The molecule has 4 aliphatic rings. The Morgan fingerprint density at radius 2 is 1.72 bits per heavy atom. The predicted octanol–water partition coefficient (Wildman–Crippen LogP) is 4.68. The Hall–Kier alpha value is -3.91. The second-order valence-corrected chi connectivity index (χ2v) is 13.7. The standard InChI is InChI=1S/C32H36ClF3N8O3/c1-42-23(24-25(19-15-31(16-19)6-7-31)40-41-26(24)32(34,35)36)17-38-27(42)28(45)39-20-2-3-21(22(33)14-20)30(47)44-12-10-43(11-13-44)29(46)18-4-8-37-9-5-18/h2-3,14,17-19,37H,4-13,15-16H2,1H3,(H,39,45)(H,40,41). The Bertz CT molecular complexity index is 1710. The van der Waals surface area contributed by atoms with Crippen molar-refractivity contribution >= 4 is 35.0 Å². The monoisotopic (exact) mass is 672 g/mol. The third-order valence-corrected chi connectivity index (χ3v) is 10.6. The fourth-order valence-corrected chi connectivity index (χ4v) is 7.58.